The largest absolute Gasteiger partial charge is 0.343 e. The number of aromatic nitrogens is 3. The maximum Gasteiger partial charge on any atom is 0.309 e. The Morgan fingerprint density at radius 3 is 2.61 bits per heavy atom. The van der Waals surface area contributed by atoms with Gasteiger partial charge in [0, 0.05) is 17.3 Å². The topological polar surface area (TPSA) is 161 Å². The van der Waals surface area contributed by atoms with Gasteiger partial charge in [-0.05, 0) is 12.2 Å². The molecule has 5 unspecified atom stereocenters. The van der Waals surface area contributed by atoms with E-state index < -0.39 is 41.8 Å². The number of nitrogens with two attached hydrogens (primary N) is 1. The van der Waals surface area contributed by atoms with Gasteiger partial charge in [-0.3, -0.25) is 24.8 Å². The fourth-order valence-corrected chi connectivity index (χ4v) is 3.59. The molecule has 1 aromatic rings. The summed E-state index contributed by atoms with van der Waals surface area (Å²) in [6.45, 7) is 1.70. The van der Waals surface area contributed by atoms with Crippen LogP contribution in [0.1, 0.15) is 25.1 Å². The molecular weight excluding hydrogens is 326 g/mol. The van der Waals surface area contributed by atoms with E-state index in [1.165, 1.54) is 0 Å². The molecule has 1 saturated carbocycles. The molecule has 2 aliphatic rings. The van der Waals surface area contributed by atoms with Crippen molar-refractivity contribution in [2.24, 2.45) is 5.92 Å². The number of nitrogen functional groups attached to an aromatic ring is 1. The molecule has 0 spiro atoms. The standard InChI is InChI=1S/C11H15N7O4S/c1-3-5(18(21)22)2-4-7(14-10(20)9(19)13-4)6(3)8-15-16-11(23)17(8)12/h3-7H,2,12H2,1H3,(H,13,19)(H,14,20)(H,16,23). The van der Waals surface area contributed by atoms with Gasteiger partial charge in [-0.1, -0.05) is 6.92 Å². The molecule has 1 aliphatic heterocycles. The van der Waals surface area contributed by atoms with Gasteiger partial charge in [0.2, 0.25) is 10.8 Å². The Bertz CT molecular complexity index is 743. The summed E-state index contributed by atoms with van der Waals surface area (Å²) in [6.07, 6.45) is 0.122. The number of piperazine rings is 1. The number of nitrogens with one attached hydrogen (secondary N) is 3. The molecule has 1 saturated heterocycles. The van der Waals surface area contributed by atoms with Crippen LogP contribution in [-0.4, -0.2) is 49.7 Å². The first kappa shape index (κ1) is 15.4. The second-order valence-corrected chi connectivity index (χ2v) is 6.20. The van der Waals surface area contributed by atoms with Crippen molar-refractivity contribution >= 4 is 24.0 Å². The lowest BCUT2D eigenvalue weighted by atomic mass is 9.70. The van der Waals surface area contributed by atoms with E-state index in [2.05, 4.69) is 20.8 Å². The molecule has 23 heavy (non-hydrogen) atoms. The van der Waals surface area contributed by atoms with Crippen LogP contribution in [0.2, 0.25) is 0 Å². The van der Waals surface area contributed by atoms with E-state index in [0.29, 0.717) is 5.82 Å². The highest BCUT2D eigenvalue weighted by atomic mass is 32.1. The van der Waals surface area contributed by atoms with Gasteiger partial charge in [0.1, 0.15) is 0 Å². The molecule has 2 heterocycles. The smallest absolute Gasteiger partial charge is 0.309 e. The third-order valence-corrected chi connectivity index (χ3v) is 4.90. The van der Waals surface area contributed by atoms with Crippen LogP contribution in [0, 0.1) is 20.8 Å². The summed E-state index contributed by atoms with van der Waals surface area (Å²) < 4.78 is 1.30. The Morgan fingerprint density at radius 2 is 2.04 bits per heavy atom. The number of aromatic amines is 1. The highest BCUT2D eigenvalue weighted by Gasteiger charge is 2.53. The van der Waals surface area contributed by atoms with Crippen LogP contribution in [0.4, 0.5) is 0 Å². The molecule has 5 atom stereocenters. The van der Waals surface area contributed by atoms with Crippen LogP contribution in [0.5, 0.6) is 0 Å². The lowest BCUT2D eigenvalue weighted by Gasteiger charge is -2.44. The average molecular weight is 341 g/mol. The molecule has 0 aromatic carbocycles. The Hall–Kier alpha value is -2.50. The van der Waals surface area contributed by atoms with E-state index in [-0.39, 0.29) is 16.1 Å². The summed E-state index contributed by atoms with van der Waals surface area (Å²) >= 11 is 4.98. The van der Waals surface area contributed by atoms with Crippen LogP contribution < -0.4 is 16.5 Å². The minimum atomic E-state index is -0.901. The van der Waals surface area contributed by atoms with Gasteiger partial charge < -0.3 is 16.5 Å². The maximum atomic E-state index is 11.7. The summed E-state index contributed by atoms with van der Waals surface area (Å²) in [7, 11) is 0. The average Bonchev–Trinajstić information content (AvgIpc) is 2.80. The van der Waals surface area contributed by atoms with Crippen LogP contribution in [0.15, 0.2) is 0 Å². The van der Waals surface area contributed by atoms with E-state index in [1.807, 2.05) is 0 Å². The molecule has 0 radical (unpaired) electrons. The summed E-state index contributed by atoms with van der Waals surface area (Å²) in [4.78, 5) is 34.2. The van der Waals surface area contributed by atoms with E-state index in [4.69, 9.17) is 18.1 Å². The Kier molecular flexibility index (Phi) is 3.55. The molecule has 3 rings (SSSR count). The number of hydrogen-bond donors (Lipinski definition) is 4. The third-order valence-electron chi connectivity index (χ3n) is 4.61. The number of fused-ring (bicyclic) bond motifs is 1. The zero-order valence-corrected chi connectivity index (χ0v) is 12.9. The van der Waals surface area contributed by atoms with Gasteiger partial charge in [-0.2, -0.15) is 5.10 Å². The van der Waals surface area contributed by atoms with Crippen LogP contribution in [0.25, 0.3) is 0 Å². The van der Waals surface area contributed by atoms with Crippen LogP contribution >= 0.6 is 12.2 Å². The Balaban J connectivity index is 2.06. The fraction of sp³-hybridized carbons (Fsp3) is 0.636. The summed E-state index contributed by atoms with van der Waals surface area (Å²) in [6, 6.07) is -2.01. The van der Waals surface area contributed by atoms with Crippen LogP contribution in [-0.2, 0) is 9.59 Å². The zero-order chi connectivity index (χ0) is 16.9. The molecule has 0 bridgehead atoms. The normalized spacial score (nSPS) is 33.5. The quantitative estimate of drug-likeness (QED) is 0.166. The first-order chi connectivity index (χ1) is 10.8. The first-order valence-corrected chi connectivity index (χ1v) is 7.39. The monoisotopic (exact) mass is 341 g/mol. The van der Waals surface area contributed by atoms with Crippen LogP contribution in [0.3, 0.4) is 0 Å². The number of H-pyrrole nitrogens is 1. The predicted octanol–water partition coefficient (Wildman–Crippen LogP) is -1.59. The van der Waals surface area contributed by atoms with Gasteiger partial charge in [0.05, 0.1) is 18.0 Å². The number of carbonyl (C=O) groups excluding carboxylic acids is 2. The van der Waals surface area contributed by atoms with E-state index in [0.717, 1.165) is 4.68 Å². The summed E-state index contributed by atoms with van der Waals surface area (Å²) in [5.74, 6) is 3.55. The number of nitrogens with zero attached hydrogens (tertiary/aromatic N) is 3. The molecule has 2 amide bonds. The first-order valence-electron chi connectivity index (χ1n) is 6.98. The van der Waals surface area contributed by atoms with E-state index >= 15 is 0 Å². The van der Waals surface area contributed by atoms with Gasteiger partial charge in [0.15, 0.2) is 5.82 Å². The molecule has 2 fully saturated rings. The maximum absolute atomic E-state index is 11.7. The third kappa shape index (κ3) is 2.34. The molecule has 11 nitrogen and oxygen atoms in total. The predicted molar refractivity (Wildman–Crippen MR) is 78.7 cm³/mol. The lowest BCUT2D eigenvalue weighted by Crippen LogP contribution is -2.68. The number of amides is 2. The van der Waals surface area contributed by atoms with Gasteiger partial charge >= 0.3 is 11.8 Å². The molecule has 1 aliphatic carbocycles. The van der Waals surface area contributed by atoms with Crippen molar-refractivity contribution in [1.82, 2.24) is 25.5 Å². The minimum absolute atomic E-state index is 0.122. The Morgan fingerprint density at radius 1 is 1.39 bits per heavy atom. The van der Waals surface area contributed by atoms with E-state index in [1.54, 1.807) is 6.92 Å². The highest BCUT2D eigenvalue weighted by Crippen LogP contribution is 2.39. The molecule has 1 aromatic heterocycles. The van der Waals surface area contributed by atoms with Crippen molar-refractivity contribution in [2.75, 3.05) is 5.84 Å². The van der Waals surface area contributed by atoms with Gasteiger partial charge in [-0.15, -0.1) is 0 Å². The number of nitro groups is 1. The Labute approximate surface area is 134 Å². The van der Waals surface area contributed by atoms with Crippen molar-refractivity contribution in [3.63, 3.8) is 0 Å². The molecule has 5 N–H and O–H groups in total. The van der Waals surface area contributed by atoms with Crippen molar-refractivity contribution < 1.29 is 14.5 Å². The van der Waals surface area contributed by atoms with E-state index in [9.17, 15) is 19.7 Å². The molecular formula is C11H15N7O4S. The molecule has 12 heteroatoms. The number of rotatable bonds is 2. The van der Waals surface area contributed by atoms with Gasteiger partial charge in [-0.25, -0.2) is 4.68 Å². The second kappa shape index (κ2) is 5.30. The second-order valence-electron chi connectivity index (χ2n) is 5.81. The number of carbonyl (C=O) groups is 2. The minimum Gasteiger partial charge on any atom is -0.343 e. The molecule has 124 valence electrons. The zero-order valence-electron chi connectivity index (χ0n) is 12.1. The van der Waals surface area contributed by atoms with Crippen molar-refractivity contribution in [1.29, 1.82) is 0 Å². The summed E-state index contributed by atoms with van der Waals surface area (Å²) in [5, 5.41) is 23.1. The SMILES string of the molecule is CC1C(c2n[nH]c(=S)n2N)C2NC(=O)C(=O)NC2CC1[N+](=O)[O-]. The van der Waals surface area contributed by atoms with Crippen molar-refractivity contribution in [3.05, 3.63) is 20.7 Å². The highest BCUT2D eigenvalue weighted by molar-refractivity contribution is 7.71. The van der Waals surface area contributed by atoms with Crippen molar-refractivity contribution in [2.45, 2.75) is 37.4 Å². The van der Waals surface area contributed by atoms with Crippen molar-refractivity contribution in [3.8, 4) is 0 Å². The van der Waals surface area contributed by atoms with Gasteiger partial charge in [0.25, 0.3) is 0 Å². The number of hydrogen-bond acceptors (Lipinski definition) is 7. The lowest BCUT2D eigenvalue weighted by molar-refractivity contribution is -0.536. The summed E-state index contributed by atoms with van der Waals surface area (Å²) in [5.41, 5.74) is 0. The fourth-order valence-electron chi connectivity index (χ4n) is 3.45.